The van der Waals surface area contributed by atoms with Gasteiger partial charge < -0.3 is 10.6 Å². The topological polar surface area (TPSA) is 70.2 Å². The van der Waals surface area contributed by atoms with Crippen LogP contribution in [0, 0.1) is 5.82 Å². The van der Waals surface area contributed by atoms with E-state index in [1.54, 1.807) is 17.1 Å². The lowest BCUT2D eigenvalue weighted by molar-refractivity contribution is 0.388. The lowest BCUT2D eigenvalue weighted by Gasteiger charge is -2.26. The molecule has 0 radical (unpaired) electrons. The Morgan fingerprint density at radius 3 is 2.59 bits per heavy atom. The number of aliphatic hydroxyl groups is 1. The molecule has 2 aromatic rings. The number of nitrogens with zero attached hydrogens (tertiary/aromatic N) is 2. The molecule has 0 saturated carbocycles. The summed E-state index contributed by atoms with van der Waals surface area (Å²) in [5.74, 6) is -0.320. The zero-order valence-electron chi connectivity index (χ0n) is 11.5. The summed E-state index contributed by atoms with van der Waals surface area (Å²) in [5.41, 5.74) is 6.19. The number of hydrazine groups is 2. The number of aliphatic hydroxyl groups excluding tert-OH is 1. The van der Waals surface area contributed by atoms with E-state index in [2.05, 4.69) is 5.53 Å². The smallest absolute Gasteiger partial charge is 0.234 e. The van der Waals surface area contributed by atoms with Crippen LogP contribution in [0.5, 0.6) is 0 Å². The minimum atomic E-state index is -0.354. The van der Waals surface area contributed by atoms with Gasteiger partial charge in [-0.2, -0.15) is 0 Å². The van der Waals surface area contributed by atoms with Crippen LogP contribution in [-0.2, 0) is 0 Å². The molecule has 4 rings (SSSR count). The molecule has 0 fully saturated rings. The molecule has 2 aliphatic rings. The largest absolute Gasteiger partial charge is 0.492 e. The third-order valence-electron chi connectivity index (χ3n) is 3.55. The van der Waals surface area contributed by atoms with E-state index in [-0.39, 0.29) is 17.2 Å². The SMILES string of the molecule is O.OC1=C2C=Cc3ccccc3N2NN1c1cccc(F)c1. The summed E-state index contributed by atoms with van der Waals surface area (Å²) in [6.45, 7) is 0. The summed E-state index contributed by atoms with van der Waals surface area (Å²) in [6, 6.07) is 13.9. The Morgan fingerprint density at radius 1 is 0.955 bits per heavy atom. The second-order valence-corrected chi connectivity index (χ2v) is 4.85. The molecule has 0 saturated heterocycles. The van der Waals surface area contributed by atoms with Gasteiger partial charge in [-0.25, -0.2) is 9.40 Å². The van der Waals surface area contributed by atoms with Crippen molar-refractivity contribution in [2.75, 3.05) is 10.0 Å². The van der Waals surface area contributed by atoms with Crippen molar-refractivity contribution >= 4 is 17.5 Å². The van der Waals surface area contributed by atoms with Crippen molar-refractivity contribution in [3.63, 3.8) is 0 Å². The van der Waals surface area contributed by atoms with Crippen molar-refractivity contribution in [1.29, 1.82) is 0 Å². The maximum Gasteiger partial charge on any atom is 0.234 e. The molecule has 0 aromatic heterocycles. The Kier molecular flexibility index (Phi) is 3.32. The second-order valence-electron chi connectivity index (χ2n) is 4.85. The van der Waals surface area contributed by atoms with Crippen molar-refractivity contribution in [3.05, 3.63) is 77.6 Å². The van der Waals surface area contributed by atoms with E-state index in [9.17, 15) is 9.50 Å². The molecule has 22 heavy (non-hydrogen) atoms. The average molecular weight is 299 g/mol. The first kappa shape index (κ1) is 14.1. The van der Waals surface area contributed by atoms with Crippen molar-refractivity contribution in [2.24, 2.45) is 0 Å². The predicted octanol–water partition coefficient (Wildman–Crippen LogP) is 2.50. The molecule has 0 aliphatic carbocycles. The number of nitrogens with one attached hydrogen (secondary N) is 1. The molecule has 0 atom stereocenters. The molecule has 0 amide bonds. The first-order valence-corrected chi connectivity index (χ1v) is 6.56. The minimum absolute atomic E-state index is 0. The first-order valence-electron chi connectivity index (χ1n) is 6.56. The third-order valence-corrected chi connectivity index (χ3v) is 3.55. The van der Waals surface area contributed by atoms with Gasteiger partial charge in [0.15, 0.2) is 0 Å². The van der Waals surface area contributed by atoms with Crippen LogP contribution in [0.2, 0.25) is 0 Å². The van der Waals surface area contributed by atoms with Crippen LogP contribution in [0.3, 0.4) is 0 Å². The van der Waals surface area contributed by atoms with Crippen LogP contribution in [0.4, 0.5) is 15.8 Å². The highest BCUT2D eigenvalue weighted by Gasteiger charge is 2.32. The van der Waals surface area contributed by atoms with E-state index in [0.29, 0.717) is 11.4 Å². The summed E-state index contributed by atoms with van der Waals surface area (Å²) in [7, 11) is 0. The van der Waals surface area contributed by atoms with E-state index in [4.69, 9.17) is 0 Å². The Bertz CT molecular complexity index is 788. The van der Waals surface area contributed by atoms with Crippen molar-refractivity contribution in [2.45, 2.75) is 0 Å². The first-order chi connectivity index (χ1) is 10.2. The molecule has 0 spiro atoms. The molecule has 4 N–H and O–H groups in total. The standard InChI is InChI=1S/C16H12FN3O.H2O/c17-12-5-3-6-13(10-12)19-16(21)15-9-8-11-4-1-2-7-14(11)20(15)18-19;/h1-10,18,21H;1H2. The van der Waals surface area contributed by atoms with E-state index in [1.807, 2.05) is 36.4 Å². The van der Waals surface area contributed by atoms with Gasteiger partial charge in [0.05, 0.1) is 11.4 Å². The zero-order chi connectivity index (χ0) is 14.4. The number of hydrogen-bond acceptors (Lipinski definition) is 4. The van der Waals surface area contributed by atoms with Crippen molar-refractivity contribution < 1.29 is 15.0 Å². The number of rotatable bonds is 1. The number of para-hydroxylation sites is 1. The minimum Gasteiger partial charge on any atom is -0.492 e. The maximum absolute atomic E-state index is 13.4. The Hall–Kier alpha value is -2.83. The van der Waals surface area contributed by atoms with Crippen LogP contribution in [0.15, 0.2) is 66.2 Å². The number of allylic oxidation sites excluding steroid dienone is 1. The highest BCUT2D eigenvalue weighted by molar-refractivity contribution is 5.78. The van der Waals surface area contributed by atoms with Gasteiger partial charge in [0.1, 0.15) is 11.5 Å². The van der Waals surface area contributed by atoms with Gasteiger partial charge in [0.25, 0.3) is 0 Å². The van der Waals surface area contributed by atoms with Gasteiger partial charge in [0.2, 0.25) is 5.88 Å². The predicted molar refractivity (Wildman–Crippen MR) is 83.2 cm³/mol. The summed E-state index contributed by atoms with van der Waals surface area (Å²) in [5, 5.41) is 13.6. The van der Waals surface area contributed by atoms with Crippen LogP contribution < -0.4 is 15.6 Å². The molecule has 5 nitrogen and oxygen atoms in total. The lowest BCUT2D eigenvalue weighted by Crippen LogP contribution is -2.42. The number of benzene rings is 2. The monoisotopic (exact) mass is 299 g/mol. The Morgan fingerprint density at radius 2 is 1.77 bits per heavy atom. The molecule has 0 bridgehead atoms. The van der Waals surface area contributed by atoms with Crippen molar-refractivity contribution in [1.82, 2.24) is 5.53 Å². The number of halogens is 1. The fourth-order valence-corrected chi connectivity index (χ4v) is 2.54. The van der Waals surface area contributed by atoms with Gasteiger partial charge in [-0.3, -0.25) is 5.01 Å². The van der Waals surface area contributed by atoms with Crippen LogP contribution in [0.1, 0.15) is 5.56 Å². The molecule has 2 heterocycles. The fraction of sp³-hybridized carbons (Fsp3) is 0. The van der Waals surface area contributed by atoms with E-state index in [0.717, 1.165) is 11.3 Å². The number of anilines is 2. The highest BCUT2D eigenvalue weighted by atomic mass is 19.1. The zero-order valence-corrected chi connectivity index (χ0v) is 11.5. The number of hydrogen-bond donors (Lipinski definition) is 2. The summed E-state index contributed by atoms with van der Waals surface area (Å²) < 4.78 is 13.4. The molecule has 6 heteroatoms. The van der Waals surface area contributed by atoms with Crippen LogP contribution in [0.25, 0.3) is 6.08 Å². The lowest BCUT2D eigenvalue weighted by atomic mass is 10.1. The second kappa shape index (κ2) is 5.18. The molecule has 2 aromatic carbocycles. The number of fused-ring (bicyclic) bond motifs is 3. The van der Waals surface area contributed by atoms with Crippen LogP contribution >= 0.6 is 0 Å². The molecule has 112 valence electrons. The summed E-state index contributed by atoms with van der Waals surface area (Å²) >= 11 is 0. The molecular formula is C16H14FN3O2. The summed E-state index contributed by atoms with van der Waals surface area (Å²) in [4.78, 5) is 0. The highest BCUT2D eigenvalue weighted by Crippen LogP contribution is 2.35. The fourth-order valence-electron chi connectivity index (χ4n) is 2.54. The van der Waals surface area contributed by atoms with Gasteiger partial charge in [-0.15, -0.1) is 5.53 Å². The van der Waals surface area contributed by atoms with Gasteiger partial charge in [0, 0.05) is 0 Å². The van der Waals surface area contributed by atoms with Gasteiger partial charge >= 0.3 is 0 Å². The Balaban J connectivity index is 0.00000144. The normalized spacial score (nSPS) is 15.5. The Labute approximate surface area is 126 Å². The summed E-state index contributed by atoms with van der Waals surface area (Å²) in [6.07, 6.45) is 3.76. The van der Waals surface area contributed by atoms with Crippen LogP contribution in [-0.4, -0.2) is 10.6 Å². The van der Waals surface area contributed by atoms with E-state index in [1.165, 1.54) is 17.1 Å². The van der Waals surface area contributed by atoms with Gasteiger partial charge in [-0.1, -0.05) is 30.3 Å². The molecular weight excluding hydrogens is 285 g/mol. The average Bonchev–Trinajstić information content (AvgIpc) is 2.85. The quantitative estimate of drug-likeness (QED) is 0.849. The van der Waals surface area contributed by atoms with E-state index < -0.39 is 0 Å². The molecule has 2 aliphatic heterocycles. The van der Waals surface area contributed by atoms with Crippen molar-refractivity contribution in [3.8, 4) is 0 Å². The third kappa shape index (κ3) is 2.02. The van der Waals surface area contributed by atoms with Gasteiger partial charge in [-0.05, 0) is 35.9 Å². The van der Waals surface area contributed by atoms with E-state index >= 15 is 0 Å². The maximum atomic E-state index is 13.4. The molecule has 0 unspecified atom stereocenters.